The second-order valence-corrected chi connectivity index (χ2v) is 5.09. The van der Waals surface area contributed by atoms with Gasteiger partial charge in [-0.05, 0) is 31.0 Å². The topological polar surface area (TPSA) is 57.8 Å². The van der Waals surface area contributed by atoms with Crippen molar-refractivity contribution in [2.75, 3.05) is 0 Å². The van der Waals surface area contributed by atoms with Crippen LogP contribution < -0.4 is 5.32 Å². The molecule has 0 radical (unpaired) electrons. The van der Waals surface area contributed by atoms with Crippen LogP contribution in [0, 0.1) is 0 Å². The summed E-state index contributed by atoms with van der Waals surface area (Å²) in [5.74, 6) is -0.263. The van der Waals surface area contributed by atoms with Crippen molar-refractivity contribution in [1.82, 2.24) is 15.5 Å². The summed E-state index contributed by atoms with van der Waals surface area (Å²) >= 11 is 0. The molecule has 0 aliphatic carbocycles. The number of halogens is 3. The molecule has 2 aromatic rings. The van der Waals surface area contributed by atoms with Crippen molar-refractivity contribution in [3.8, 4) is 0 Å². The number of benzene rings is 1. The van der Waals surface area contributed by atoms with Crippen LogP contribution in [0.1, 0.15) is 23.7 Å². The number of carbonyl (C=O) groups excluding carboxylic acids is 1. The average Bonchev–Trinajstić information content (AvgIpc) is 2.90. The van der Waals surface area contributed by atoms with Crippen molar-refractivity contribution in [1.29, 1.82) is 0 Å². The molecule has 0 bridgehead atoms. The van der Waals surface area contributed by atoms with Crippen LogP contribution in [0.4, 0.5) is 13.2 Å². The second kappa shape index (κ2) is 6.64. The zero-order valence-corrected chi connectivity index (χ0v) is 11.9. The Kier molecular flexibility index (Phi) is 4.85. The molecule has 118 valence electrons. The maximum atomic E-state index is 12.9. The number of rotatable bonds is 5. The van der Waals surface area contributed by atoms with Gasteiger partial charge >= 0.3 is 6.18 Å². The minimum Gasteiger partial charge on any atom is -0.353 e. The Morgan fingerprint density at radius 1 is 1.32 bits per heavy atom. The highest BCUT2D eigenvalue weighted by molar-refractivity contribution is 5.78. The minimum absolute atomic E-state index is 0.115. The fraction of sp³-hybridized carbons (Fsp3) is 0.333. The van der Waals surface area contributed by atoms with Crippen LogP contribution in [0.25, 0.3) is 0 Å². The summed E-state index contributed by atoms with van der Waals surface area (Å²) in [5, 5.41) is 9.08. The van der Waals surface area contributed by atoms with Gasteiger partial charge in [-0.1, -0.05) is 18.2 Å². The largest absolute Gasteiger partial charge is 0.416 e. The smallest absolute Gasteiger partial charge is 0.353 e. The molecule has 7 heteroatoms. The van der Waals surface area contributed by atoms with Gasteiger partial charge in [0, 0.05) is 17.9 Å². The Balaban J connectivity index is 1.97. The van der Waals surface area contributed by atoms with Gasteiger partial charge in [0.2, 0.25) is 5.91 Å². The molecule has 1 amide bonds. The molecule has 0 saturated carbocycles. The van der Waals surface area contributed by atoms with Crippen molar-refractivity contribution in [3.63, 3.8) is 0 Å². The lowest BCUT2D eigenvalue weighted by Gasteiger charge is -2.17. The van der Waals surface area contributed by atoms with Crippen LogP contribution in [0.3, 0.4) is 0 Å². The summed E-state index contributed by atoms with van der Waals surface area (Å²) < 4.78 is 38.7. The van der Waals surface area contributed by atoms with Gasteiger partial charge in [-0.3, -0.25) is 9.89 Å². The van der Waals surface area contributed by atoms with Gasteiger partial charge in [0.25, 0.3) is 0 Å². The third kappa shape index (κ3) is 4.34. The molecule has 1 atom stereocenters. The van der Waals surface area contributed by atoms with Gasteiger partial charge in [0.1, 0.15) is 0 Å². The number of aromatic nitrogens is 2. The van der Waals surface area contributed by atoms with Crippen molar-refractivity contribution >= 4 is 5.91 Å². The van der Waals surface area contributed by atoms with E-state index < -0.39 is 17.8 Å². The molecule has 1 aromatic carbocycles. The molecule has 0 spiro atoms. The predicted octanol–water partition coefficient (Wildman–Crippen LogP) is 2.72. The first-order valence-corrected chi connectivity index (χ1v) is 6.79. The number of alkyl halides is 3. The van der Waals surface area contributed by atoms with E-state index in [1.165, 1.54) is 18.3 Å². The normalized spacial score (nSPS) is 12.9. The summed E-state index contributed by atoms with van der Waals surface area (Å²) in [7, 11) is 0. The van der Waals surface area contributed by atoms with Gasteiger partial charge in [0.05, 0.1) is 12.0 Å². The van der Waals surface area contributed by atoms with Crippen molar-refractivity contribution in [2.45, 2.75) is 32.0 Å². The summed E-state index contributed by atoms with van der Waals surface area (Å²) in [5.41, 5.74) is 0.161. The Morgan fingerprint density at radius 3 is 2.68 bits per heavy atom. The molecule has 2 N–H and O–H groups in total. The number of H-pyrrole nitrogens is 1. The number of carbonyl (C=O) groups is 1. The molecular formula is C15H16F3N3O. The summed E-state index contributed by atoms with van der Waals surface area (Å²) in [6, 6.07) is 6.66. The SMILES string of the molecule is CC(Cc1ccccc1C(F)(F)F)NC(=O)Cc1ccn[nH]1. The van der Waals surface area contributed by atoms with E-state index in [2.05, 4.69) is 15.5 Å². The van der Waals surface area contributed by atoms with Crippen molar-refractivity contribution < 1.29 is 18.0 Å². The monoisotopic (exact) mass is 311 g/mol. The standard InChI is InChI=1S/C15H16F3N3O/c1-10(20-14(22)9-12-6-7-19-21-12)8-11-4-2-3-5-13(11)15(16,17)18/h2-7,10H,8-9H2,1H3,(H,19,21)(H,20,22). The van der Waals surface area contributed by atoms with Crippen LogP contribution in [-0.4, -0.2) is 22.1 Å². The first-order valence-electron chi connectivity index (χ1n) is 6.79. The third-order valence-corrected chi connectivity index (χ3v) is 3.17. The highest BCUT2D eigenvalue weighted by atomic mass is 19.4. The van der Waals surface area contributed by atoms with E-state index in [1.807, 2.05) is 0 Å². The number of amides is 1. The van der Waals surface area contributed by atoms with E-state index in [-0.39, 0.29) is 24.3 Å². The number of hydrogen-bond donors (Lipinski definition) is 2. The molecule has 0 aliphatic heterocycles. The molecular weight excluding hydrogens is 295 g/mol. The first-order chi connectivity index (χ1) is 10.4. The van der Waals surface area contributed by atoms with Gasteiger partial charge in [-0.15, -0.1) is 0 Å². The summed E-state index contributed by atoms with van der Waals surface area (Å²) in [6.07, 6.45) is -2.63. The number of nitrogens with zero attached hydrogens (tertiary/aromatic N) is 1. The maximum absolute atomic E-state index is 12.9. The third-order valence-electron chi connectivity index (χ3n) is 3.17. The molecule has 1 unspecified atom stereocenters. The molecule has 0 saturated heterocycles. The molecule has 1 aromatic heterocycles. The maximum Gasteiger partial charge on any atom is 0.416 e. The molecule has 4 nitrogen and oxygen atoms in total. The van der Waals surface area contributed by atoms with Crippen LogP contribution in [0.5, 0.6) is 0 Å². The number of hydrogen-bond acceptors (Lipinski definition) is 2. The highest BCUT2D eigenvalue weighted by Crippen LogP contribution is 2.32. The lowest BCUT2D eigenvalue weighted by atomic mass is 10.0. The lowest BCUT2D eigenvalue weighted by Crippen LogP contribution is -2.35. The Bertz CT molecular complexity index is 623. The van der Waals surface area contributed by atoms with Crippen LogP contribution >= 0.6 is 0 Å². The zero-order chi connectivity index (χ0) is 16.2. The molecule has 2 rings (SSSR count). The Morgan fingerprint density at radius 2 is 2.05 bits per heavy atom. The second-order valence-electron chi connectivity index (χ2n) is 5.09. The number of aromatic amines is 1. The summed E-state index contributed by atoms with van der Waals surface area (Å²) in [6.45, 7) is 1.68. The van der Waals surface area contributed by atoms with E-state index >= 15 is 0 Å². The van der Waals surface area contributed by atoms with E-state index in [0.29, 0.717) is 5.69 Å². The number of nitrogens with one attached hydrogen (secondary N) is 2. The van der Waals surface area contributed by atoms with Crippen LogP contribution in [0.2, 0.25) is 0 Å². The Labute approximate surface area is 125 Å². The van der Waals surface area contributed by atoms with Crippen LogP contribution in [0.15, 0.2) is 36.5 Å². The minimum atomic E-state index is -4.39. The van der Waals surface area contributed by atoms with Crippen molar-refractivity contribution in [2.24, 2.45) is 0 Å². The first kappa shape index (κ1) is 16.1. The molecule has 1 heterocycles. The van der Waals surface area contributed by atoms with Gasteiger partial charge < -0.3 is 5.32 Å². The van der Waals surface area contributed by atoms with Gasteiger partial charge in [-0.2, -0.15) is 18.3 Å². The molecule has 0 aliphatic rings. The zero-order valence-electron chi connectivity index (χ0n) is 11.9. The van der Waals surface area contributed by atoms with Crippen LogP contribution in [-0.2, 0) is 23.8 Å². The van der Waals surface area contributed by atoms with Gasteiger partial charge in [0.15, 0.2) is 0 Å². The summed E-state index contributed by atoms with van der Waals surface area (Å²) in [4.78, 5) is 11.8. The predicted molar refractivity (Wildman–Crippen MR) is 75.0 cm³/mol. The fourth-order valence-electron chi connectivity index (χ4n) is 2.24. The Hall–Kier alpha value is -2.31. The van der Waals surface area contributed by atoms with E-state index in [0.717, 1.165) is 6.07 Å². The average molecular weight is 311 g/mol. The fourth-order valence-corrected chi connectivity index (χ4v) is 2.24. The van der Waals surface area contributed by atoms with Gasteiger partial charge in [-0.25, -0.2) is 0 Å². The molecule has 0 fully saturated rings. The quantitative estimate of drug-likeness (QED) is 0.892. The molecule has 22 heavy (non-hydrogen) atoms. The highest BCUT2D eigenvalue weighted by Gasteiger charge is 2.33. The lowest BCUT2D eigenvalue weighted by molar-refractivity contribution is -0.138. The van der Waals surface area contributed by atoms with E-state index in [4.69, 9.17) is 0 Å². The van der Waals surface area contributed by atoms with Crippen molar-refractivity contribution in [3.05, 3.63) is 53.3 Å². The van der Waals surface area contributed by atoms with E-state index in [9.17, 15) is 18.0 Å². The van der Waals surface area contributed by atoms with E-state index in [1.54, 1.807) is 19.1 Å².